The van der Waals surface area contributed by atoms with Crippen LogP contribution in [0.4, 0.5) is 5.95 Å². The Morgan fingerprint density at radius 1 is 1.19 bits per heavy atom. The minimum absolute atomic E-state index is 0.159. The van der Waals surface area contributed by atoms with Crippen LogP contribution in [0.3, 0.4) is 0 Å². The number of benzene rings is 1. The van der Waals surface area contributed by atoms with E-state index in [9.17, 15) is 4.79 Å². The second kappa shape index (κ2) is 6.80. The van der Waals surface area contributed by atoms with Crippen molar-refractivity contribution in [2.24, 2.45) is 7.05 Å². The Labute approximate surface area is 159 Å². The van der Waals surface area contributed by atoms with Gasteiger partial charge in [-0.15, -0.1) is 0 Å². The molecule has 0 unspecified atom stereocenters. The average Bonchev–Trinajstić information content (AvgIpc) is 3.16. The minimum atomic E-state index is 0.159. The zero-order chi connectivity index (χ0) is 18.4. The average molecular weight is 369 g/mol. The molecule has 7 heteroatoms. The van der Waals surface area contributed by atoms with Crippen molar-refractivity contribution in [3.05, 3.63) is 23.8 Å². The predicted octanol–water partition coefficient (Wildman–Crippen LogP) is 1.38. The van der Waals surface area contributed by atoms with E-state index in [1.807, 2.05) is 25.2 Å². The first-order chi connectivity index (χ1) is 13.2. The fourth-order valence-electron chi connectivity index (χ4n) is 4.83. The highest BCUT2D eigenvalue weighted by Gasteiger charge is 2.38. The highest BCUT2D eigenvalue weighted by Crippen LogP contribution is 2.30. The molecule has 2 bridgehead atoms. The Balaban J connectivity index is 1.46. The summed E-state index contributed by atoms with van der Waals surface area (Å²) in [6.07, 6.45) is 3.29. The van der Waals surface area contributed by atoms with E-state index in [4.69, 9.17) is 9.72 Å². The van der Waals surface area contributed by atoms with Crippen molar-refractivity contribution in [1.82, 2.24) is 19.8 Å². The summed E-state index contributed by atoms with van der Waals surface area (Å²) in [7, 11) is 2.04. The highest BCUT2D eigenvalue weighted by atomic mass is 16.5. The fraction of sp³-hybridized carbons (Fsp3) is 0.600. The van der Waals surface area contributed by atoms with Crippen molar-refractivity contribution in [2.45, 2.75) is 31.3 Å². The highest BCUT2D eigenvalue weighted by molar-refractivity contribution is 5.98. The lowest BCUT2D eigenvalue weighted by Crippen LogP contribution is -2.42. The van der Waals surface area contributed by atoms with Gasteiger partial charge in [0.2, 0.25) is 5.95 Å². The molecule has 27 heavy (non-hydrogen) atoms. The van der Waals surface area contributed by atoms with E-state index >= 15 is 0 Å². The molecule has 1 aromatic heterocycles. The summed E-state index contributed by atoms with van der Waals surface area (Å²) in [5.74, 6) is 1.11. The van der Waals surface area contributed by atoms with Crippen LogP contribution in [-0.4, -0.2) is 71.8 Å². The van der Waals surface area contributed by atoms with Gasteiger partial charge in [0, 0.05) is 44.3 Å². The van der Waals surface area contributed by atoms with Gasteiger partial charge in [-0.2, -0.15) is 0 Å². The Morgan fingerprint density at radius 3 is 2.85 bits per heavy atom. The van der Waals surface area contributed by atoms with Gasteiger partial charge in [-0.3, -0.25) is 4.79 Å². The molecule has 3 fully saturated rings. The summed E-state index contributed by atoms with van der Waals surface area (Å²) in [6.45, 7) is 5.10. The van der Waals surface area contributed by atoms with Gasteiger partial charge >= 0.3 is 0 Å². The van der Waals surface area contributed by atoms with E-state index < -0.39 is 0 Å². The molecule has 1 aromatic carbocycles. The Morgan fingerprint density at radius 2 is 2.00 bits per heavy atom. The van der Waals surface area contributed by atoms with Gasteiger partial charge in [-0.05, 0) is 44.0 Å². The van der Waals surface area contributed by atoms with Crippen molar-refractivity contribution in [2.75, 3.05) is 44.3 Å². The maximum atomic E-state index is 13.3. The molecule has 3 aliphatic heterocycles. The number of amides is 1. The van der Waals surface area contributed by atoms with E-state index in [1.54, 1.807) is 0 Å². The fourth-order valence-corrected chi connectivity index (χ4v) is 4.83. The number of carbonyl (C=O) groups excluding carboxylic acids is 1. The maximum Gasteiger partial charge on any atom is 0.254 e. The number of carbonyl (C=O) groups is 1. The molecule has 7 nitrogen and oxygen atoms in total. The van der Waals surface area contributed by atoms with E-state index in [1.165, 1.54) is 0 Å². The molecular formula is C20H27N5O2. The van der Waals surface area contributed by atoms with Gasteiger partial charge in [-0.1, -0.05) is 0 Å². The third-order valence-electron chi connectivity index (χ3n) is 6.29. The summed E-state index contributed by atoms with van der Waals surface area (Å²) < 4.78 is 7.57. The topological polar surface area (TPSA) is 62.6 Å². The predicted molar refractivity (Wildman–Crippen MR) is 104 cm³/mol. The molecule has 0 radical (unpaired) electrons. The number of fused-ring (bicyclic) bond motifs is 3. The smallest absolute Gasteiger partial charge is 0.254 e. The lowest BCUT2D eigenvalue weighted by atomic mass is 10.1. The maximum absolute atomic E-state index is 13.3. The van der Waals surface area contributed by atoms with E-state index in [2.05, 4.69) is 19.7 Å². The third-order valence-corrected chi connectivity index (χ3v) is 6.29. The SMILES string of the molecule is Cn1c(N2CCOCC2)nc2cc(C(=O)N3[C@H]4CCNC[C@@H]3CC4)ccc21. The number of morpholine rings is 1. The van der Waals surface area contributed by atoms with Crippen molar-refractivity contribution in [3.63, 3.8) is 0 Å². The van der Waals surface area contributed by atoms with Crippen LogP contribution in [0.25, 0.3) is 11.0 Å². The number of rotatable bonds is 2. The molecule has 1 amide bonds. The van der Waals surface area contributed by atoms with Crippen molar-refractivity contribution in [3.8, 4) is 0 Å². The van der Waals surface area contributed by atoms with Crippen LogP contribution in [0.15, 0.2) is 18.2 Å². The van der Waals surface area contributed by atoms with Gasteiger partial charge < -0.3 is 24.4 Å². The van der Waals surface area contributed by atoms with E-state index in [0.717, 1.165) is 81.2 Å². The third kappa shape index (κ3) is 2.89. The summed E-state index contributed by atoms with van der Waals surface area (Å²) in [4.78, 5) is 22.5. The van der Waals surface area contributed by atoms with Crippen molar-refractivity contribution in [1.29, 1.82) is 0 Å². The monoisotopic (exact) mass is 369 g/mol. The van der Waals surface area contributed by atoms with Crippen LogP contribution in [-0.2, 0) is 11.8 Å². The molecular weight excluding hydrogens is 342 g/mol. The summed E-state index contributed by atoms with van der Waals surface area (Å²) in [5, 5.41) is 3.47. The van der Waals surface area contributed by atoms with Crippen LogP contribution >= 0.6 is 0 Å². The zero-order valence-electron chi connectivity index (χ0n) is 15.9. The zero-order valence-corrected chi connectivity index (χ0v) is 15.9. The first-order valence-corrected chi connectivity index (χ1v) is 10.0. The van der Waals surface area contributed by atoms with Gasteiger partial charge in [0.25, 0.3) is 5.91 Å². The summed E-state index contributed by atoms with van der Waals surface area (Å²) in [5.41, 5.74) is 2.71. The number of imidazole rings is 1. The van der Waals surface area contributed by atoms with E-state index in [-0.39, 0.29) is 5.91 Å². The van der Waals surface area contributed by atoms with Crippen LogP contribution in [0.5, 0.6) is 0 Å². The number of anilines is 1. The number of hydrogen-bond acceptors (Lipinski definition) is 5. The minimum Gasteiger partial charge on any atom is -0.378 e. The molecule has 144 valence electrons. The summed E-state index contributed by atoms with van der Waals surface area (Å²) >= 11 is 0. The molecule has 5 rings (SSSR count). The second-order valence-electron chi connectivity index (χ2n) is 7.86. The number of nitrogens with zero attached hydrogens (tertiary/aromatic N) is 4. The Hall–Kier alpha value is -2.12. The van der Waals surface area contributed by atoms with Crippen LogP contribution in [0.2, 0.25) is 0 Å². The second-order valence-corrected chi connectivity index (χ2v) is 7.86. The van der Waals surface area contributed by atoms with Crippen molar-refractivity contribution >= 4 is 22.9 Å². The molecule has 2 aromatic rings. The number of ether oxygens (including phenoxy) is 1. The number of aromatic nitrogens is 2. The molecule has 0 saturated carbocycles. The standard InChI is InChI=1S/C20H27N5O2/c1-23-18-5-2-14(12-17(18)22-20(23)24-8-10-27-11-9-24)19(26)25-15-3-4-16(25)13-21-7-6-15/h2,5,12,15-16,21H,3-4,6-11,13H2,1H3/t15-,16+/m1/s1. The molecule has 1 N–H and O–H groups in total. The molecule has 3 aliphatic rings. The van der Waals surface area contributed by atoms with Crippen LogP contribution in [0, 0.1) is 0 Å². The Kier molecular flexibility index (Phi) is 4.28. The largest absolute Gasteiger partial charge is 0.378 e. The van der Waals surface area contributed by atoms with Gasteiger partial charge in [0.05, 0.1) is 24.2 Å². The van der Waals surface area contributed by atoms with Gasteiger partial charge in [0.1, 0.15) is 0 Å². The number of hydrogen-bond donors (Lipinski definition) is 1. The number of nitrogens with one attached hydrogen (secondary N) is 1. The first-order valence-electron chi connectivity index (χ1n) is 10.0. The lowest BCUT2D eigenvalue weighted by molar-refractivity contribution is 0.0680. The quantitative estimate of drug-likeness (QED) is 0.867. The number of aryl methyl sites for hydroxylation is 1. The normalized spacial score (nSPS) is 25.8. The molecule has 0 aliphatic carbocycles. The van der Waals surface area contributed by atoms with Crippen molar-refractivity contribution < 1.29 is 9.53 Å². The van der Waals surface area contributed by atoms with Crippen LogP contribution in [0.1, 0.15) is 29.6 Å². The lowest BCUT2D eigenvalue weighted by Gasteiger charge is -2.28. The first kappa shape index (κ1) is 17.0. The Bertz CT molecular complexity index is 843. The molecule has 3 saturated heterocycles. The molecule has 2 atom stereocenters. The van der Waals surface area contributed by atoms with Gasteiger partial charge in [-0.25, -0.2) is 4.98 Å². The molecule has 4 heterocycles. The van der Waals surface area contributed by atoms with E-state index in [0.29, 0.717) is 12.1 Å². The van der Waals surface area contributed by atoms with Gasteiger partial charge in [0.15, 0.2) is 0 Å². The molecule has 0 spiro atoms. The summed E-state index contributed by atoms with van der Waals surface area (Å²) in [6, 6.07) is 6.68. The van der Waals surface area contributed by atoms with Crippen LogP contribution < -0.4 is 10.2 Å².